The van der Waals surface area contributed by atoms with Crippen LogP contribution in [-0.2, 0) is 11.2 Å². The van der Waals surface area contributed by atoms with E-state index in [-0.39, 0.29) is 29.7 Å². The summed E-state index contributed by atoms with van der Waals surface area (Å²) in [5, 5.41) is 3.49. The predicted octanol–water partition coefficient (Wildman–Crippen LogP) is 3.10. The number of aryl methyl sites for hydroxylation is 2. The van der Waals surface area contributed by atoms with Crippen molar-refractivity contribution in [3.8, 4) is 0 Å². The zero-order valence-corrected chi connectivity index (χ0v) is 14.9. The number of H-pyrrole nitrogens is 1. The molecule has 26 heavy (non-hydrogen) atoms. The molecule has 0 aliphatic rings. The number of carbonyl (C=O) groups excluding carboxylic acids is 1. The Balaban J connectivity index is 1.85. The van der Waals surface area contributed by atoms with Crippen LogP contribution in [0.1, 0.15) is 35.2 Å². The highest BCUT2D eigenvalue weighted by Crippen LogP contribution is 2.20. The second-order valence-electron chi connectivity index (χ2n) is 6.45. The summed E-state index contributed by atoms with van der Waals surface area (Å²) in [7, 11) is 0. The number of pyridine rings is 2. The monoisotopic (exact) mass is 353 g/mol. The van der Waals surface area contributed by atoms with Gasteiger partial charge in [-0.05, 0) is 61.7 Å². The third-order valence-electron chi connectivity index (χ3n) is 4.62. The summed E-state index contributed by atoms with van der Waals surface area (Å²) in [6.45, 7) is 5.55. The van der Waals surface area contributed by atoms with Crippen LogP contribution in [0.4, 0.5) is 4.39 Å². The van der Waals surface area contributed by atoms with E-state index in [1.165, 1.54) is 18.2 Å². The third-order valence-corrected chi connectivity index (χ3v) is 4.62. The van der Waals surface area contributed by atoms with Crippen LogP contribution in [0.15, 0.2) is 41.5 Å². The first-order valence-electron chi connectivity index (χ1n) is 8.37. The quantitative estimate of drug-likeness (QED) is 0.757. The lowest BCUT2D eigenvalue weighted by Crippen LogP contribution is -2.31. The number of nitrogens with zero attached hydrogens (tertiary/aromatic N) is 1. The van der Waals surface area contributed by atoms with Gasteiger partial charge in [0.1, 0.15) is 5.82 Å². The fourth-order valence-corrected chi connectivity index (χ4v) is 3.14. The highest BCUT2D eigenvalue weighted by atomic mass is 19.1. The molecule has 1 aromatic carbocycles. The Kier molecular flexibility index (Phi) is 4.84. The molecule has 3 rings (SSSR count). The van der Waals surface area contributed by atoms with E-state index in [0.717, 1.165) is 11.1 Å². The number of hydrogen-bond acceptors (Lipinski definition) is 3. The van der Waals surface area contributed by atoms with Crippen molar-refractivity contribution in [2.75, 3.05) is 0 Å². The number of hydrogen-bond donors (Lipinski definition) is 2. The maximum Gasteiger partial charge on any atom is 0.252 e. The minimum absolute atomic E-state index is 0.0722. The van der Waals surface area contributed by atoms with Crippen LogP contribution in [0.3, 0.4) is 0 Å². The predicted molar refractivity (Wildman–Crippen MR) is 98.5 cm³/mol. The van der Waals surface area contributed by atoms with Gasteiger partial charge >= 0.3 is 0 Å². The number of benzene rings is 1. The van der Waals surface area contributed by atoms with Crippen molar-refractivity contribution in [1.29, 1.82) is 0 Å². The van der Waals surface area contributed by atoms with Crippen LogP contribution in [0.2, 0.25) is 0 Å². The largest absolute Gasteiger partial charge is 0.349 e. The SMILES string of the molecule is Cc1ccncc1[C@@H](C)NC(=O)Cc1c(C)c2cc(F)ccc2[nH]c1=O. The van der Waals surface area contributed by atoms with E-state index in [2.05, 4.69) is 15.3 Å². The number of aromatic nitrogens is 2. The highest BCUT2D eigenvalue weighted by molar-refractivity contribution is 5.85. The molecule has 0 spiro atoms. The van der Waals surface area contributed by atoms with Crippen molar-refractivity contribution < 1.29 is 9.18 Å². The van der Waals surface area contributed by atoms with Crippen molar-refractivity contribution >= 4 is 16.8 Å². The molecule has 0 saturated carbocycles. The molecule has 2 N–H and O–H groups in total. The number of nitrogens with one attached hydrogen (secondary N) is 2. The number of amides is 1. The number of aromatic amines is 1. The average Bonchev–Trinajstić information content (AvgIpc) is 2.59. The summed E-state index contributed by atoms with van der Waals surface area (Å²) in [4.78, 5) is 31.6. The molecule has 0 unspecified atom stereocenters. The number of rotatable bonds is 4. The Morgan fingerprint density at radius 1 is 1.31 bits per heavy atom. The van der Waals surface area contributed by atoms with Gasteiger partial charge < -0.3 is 10.3 Å². The maximum absolute atomic E-state index is 13.5. The summed E-state index contributed by atoms with van der Waals surface area (Å²) < 4.78 is 13.5. The van der Waals surface area contributed by atoms with Gasteiger partial charge in [-0.25, -0.2) is 4.39 Å². The summed E-state index contributed by atoms with van der Waals surface area (Å²) in [6.07, 6.45) is 3.35. The van der Waals surface area contributed by atoms with Crippen LogP contribution in [0.25, 0.3) is 10.9 Å². The molecule has 134 valence electrons. The molecule has 2 aromatic heterocycles. The van der Waals surface area contributed by atoms with Gasteiger partial charge in [-0.2, -0.15) is 0 Å². The van der Waals surface area contributed by atoms with Gasteiger partial charge in [0, 0.05) is 28.9 Å². The Bertz CT molecular complexity index is 1040. The topological polar surface area (TPSA) is 74.8 Å². The van der Waals surface area contributed by atoms with Gasteiger partial charge in [0.15, 0.2) is 0 Å². The maximum atomic E-state index is 13.5. The molecular formula is C20H20FN3O2. The molecule has 0 radical (unpaired) electrons. The molecular weight excluding hydrogens is 333 g/mol. The van der Waals surface area contributed by atoms with E-state index >= 15 is 0 Å². The third kappa shape index (κ3) is 3.49. The van der Waals surface area contributed by atoms with E-state index in [0.29, 0.717) is 22.0 Å². The van der Waals surface area contributed by atoms with Gasteiger partial charge in [0.25, 0.3) is 5.56 Å². The van der Waals surface area contributed by atoms with E-state index in [1.807, 2.05) is 19.9 Å². The lowest BCUT2D eigenvalue weighted by molar-refractivity contribution is -0.121. The molecule has 1 atom stereocenters. The number of halogens is 1. The minimum Gasteiger partial charge on any atom is -0.349 e. The first-order valence-corrected chi connectivity index (χ1v) is 8.37. The Morgan fingerprint density at radius 3 is 2.81 bits per heavy atom. The van der Waals surface area contributed by atoms with E-state index in [4.69, 9.17) is 0 Å². The molecule has 3 aromatic rings. The fraction of sp³-hybridized carbons (Fsp3) is 0.250. The molecule has 0 aliphatic heterocycles. The van der Waals surface area contributed by atoms with E-state index < -0.39 is 0 Å². The minimum atomic E-state index is -0.385. The standard InChI is InChI=1S/C20H20FN3O2/c1-11-6-7-22-10-17(11)13(3)23-19(25)9-16-12(2)15-8-14(21)4-5-18(15)24-20(16)26/h4-8,10,13H,9H2,1-3H3,(H,23,25)(H,24,26)/t13-/m1/s1. The lowest BCUT2D eigenvalue weighted by Gasteiger charge is -2.16. The highest BCUT2D eigenvalue weighted by Gasteiger charge is 2.16. The number of carbonyl (C=O) groups is 1. The fourth-order valence-electron chi connectivity index (χ4n) is 3.14. The van der Waals surface area contributed by atoms with E-state index in [1.54, 1.807) is 19.3 Å². The van der Waals surface area contributed by atoms with Crippen LogP contribution in [0.5, 0.6) is 0 Å². The Labute approximate surface area is 150 Å². The summed E-state index contributed by atoms with van der Waals surface area (Å²) in [5.41, 5.74) is 3.13. The van der Waals surface area contributed by atoms with Crippen LogP contribution in [0, 0.1) is 19.7 Å². The summed E-state index contributed by atoms with van der Waals surface area (Å²) in [6, 6.07) is 5.83. The molecule has 5 nitrogen and oxygen atoms in total. The lowest BCUT2D eigenvalue weighted by atomic mass is 10.0. The second kappa shape index (κ2) is 7.07. The molecule has 0 bridgehead atoms. The van der Waals surface area contributed by atoms with Gasteiger partial charge in [0.2, 0.25) is 5.91 Å². The Hall–Kier alpha value is -3.02. The molecule has 2 heterocycles. The summed E-state index contributed by atoms with van der Waals surface area (Å²) >= 11 is 0. The van der Waals surface area contributed by atoms with Crippen molar-refractivity contribution in [2.24, 2.45) is 0 Å². The number of fused-ring (bicyclic) bond motifs is 1. The van der Waals surface area contributed by atoms with E-state index in [9.17, 15) is 14.0 Å². The first kappa shape index (κ1) is 17.8. The molecule has 0 fully saturated rings. The van der Waals surface area contributed by atoms with Crippen LogP contribution >= 0.6 is 0 Å². The Morgan fingerprint density at radius 2 is 2.08 bits per heavy atom. The summed E-state index contributed by atoms with van der Waals surface area (Å²) in [5.74, 6) is -0.658. The van der Waals surface area contributed by atoms with Gasteiger partial charge in [-0.1, -0.05) is 0 Å². The molecule has 1 amide bonds. The van der Waals surface area contributed by atoms with Crippen LogP contribution < -0.4 is 10.9 Å². The smallest absolute Gasteiger partial charge is 0.252 e. The molecule has 6 heteroatoms. The zero-order chi connectivity index (χ0) is 18.8. The van der Waals surface area contributed by atoms with Crippen molar-refractivity contribution in [3.05, 3.63) is 75.1 Å². The van der Waals surface area contributed by atoms with Gasteiger partial charge in [0.05, 0.1) is 12.5 Å². The zero-order valence-electron chi connectivity index (χ0n) is 14.9. The normalized spacial score (nSPS) is 12.2. The molecule has 0 saturated heterocycles. The van der Waals surface area contributed by atoms with Crippen LogP contribution in [-0.4, -0.2) is 15.9 Å². The average molecular weight is 353 g/mol. The van der Waals surface area contributed by atoms with Gasteiger partial charge in [-0.3, -0.25) is 14.6 Å². The van der Waals surface area contributed by atoms with Crippen molar-refractivity contribution in [1.82, 2.24) is 15.3 Å². The second-order valence-corrected chi connectivity index (χ2v) is 6.45. The van der Waals surface area contributed by atoms with Crippen molar-refractivity contribution in [2.45, 2.75) is 33.2 Å². The van der Waals surface area contributed by atoms with Crippen molar-refractivity contribution in [3.63, 3.8) is 0 Å². The van der Waals surface area contributed by atoms with Gasteiger partial charge in [-0.15, -0.1) is 0 Å². The molecule has 0 aliphatic carbocycles. The first-order chi connectivity index (χ1) is 12.4.